The summed E-state index contributed by atoms with van der Waals surface area (Å²) < 4.78 is 5.10. The molecule has 2 aliphatic rings. The second-order valence-corrected chi connectivity index (χ2v) is 7.09. The van der Waals surface area contributed by atoms with E-state index in [1.807, 2.05) is 6.07 Å². The van der Waals surface area contributed by atoms with Gasteiger partial charge in [-0.2, -0.15) is 0 Å². The summed E-state index contributed by atoms with van der Waals surface area (Å²) in [5.74, 6) is 0.567. The fourth-order valence-corrected chi connectivity index (χ4v) is 4.01. The minimum atomic E-state index is -0.516. The third-order valence-corrected chi connectivity index (χ3v) is 5.36. The van der Waals surface area contributed by atoms with Crippen LogP contribution in [0.4, 0.5) is 5.69 Å². The number of nitrogens with one attached hydrogen (secondary N) is 1. The minimum Gasteiger partial charge on any atom is -0.388 e. The van der Waals surface area contributed by atoms with Crippen molar-refractivity contribution in [2.24, 2.45) is 11.7 Å². The molecule has 26 heavy (non-hydrogen) atoms. The zero-order valence-corrected chi connectivity index (χ0v) is 16.3. The number of aryl methyl sites for hydroxylation is 1. The lowest BCUT2D eigenvalue weighted by molar-refractivity contribution is 0.325. The molecule has 2 aromatic rings. The lowest BCUT2D eigenvalue weighted by Crippen LogP contribution is -2.37. The average molecular weight is 401 g/mol. The van der Waals surface area contributed by atoms with E-state index >= 15 is 0 Å². The fourth-order valence-electron chi connectivity index (χ4n) is 4.01. The van der Waals surface area contributed by atoms with Crippen LogP contribution < -0.4 is 16.4 Å². The van der Waals surface area contributed by atoms with Crippen molar-refractivity contribution in [2.75, 3.05) is 18.0 Å². The molecule has 1 aromatic heterocycles. The second-order valence-electron chi connectivity index (χ2n) is 7.09. The lowest BCUT2D eigenvalue weighted by atomic mass is 9.85. The molecule has 6 nitrogen and oxygen atoms in total. The highest BCUT2D eigenvalue weighted by molar-refractivity contribution is 5.85. The molecule has 0 bridgehead atoms. The first kappa shape index (κ1) is 20.8. The number of halogens is 2. The number of fused-ring (bicyclic) bond motifs is 1. The molecular weight excluding hydrogens is 375 g/mol. The highest BCUT2D eigenvalue weighted by Gasteiger charge is 2.24. The molecule has 1 aliphatic carbocycles. The SMILES string of the molecule is Cl.Cl.N[C@H]1CC[C@H](CN2CCCc3ccc(-c4n[nH]c(=O)o4)cc32)CC1. The van der Waals surface area contributed by atoms with Crippen LogP contribution in [0.5, 0.6) is 0 Å². The molecule has 1 fully saturated rings. The van der Waals surface area contributed by atoms with E-state index < -0.39 is 5.76 Å². The monoisotopic (exact) mass is 400 g/mol. The largest absolute Gasteiger partial charge is 0.434 e. The van der Waals surface area contributed by atoms with Crippen LogP contribution in [0.1, 0.15) is 37.7 Å². The summed E-state index contributed by atoms with van der Waals surface area (Å²) in [6, 6.07) is 6.63. The van der Waals surface area contributed by atoms with Gasteiger partial charge in [0.25, 0.3) is 0 Å². The number of benzene rings is 1. The van der Waals surface area contributed by atoms with Crippen LogP contribution in [-0.2, 0) is 6.42 Å². The smallest absolute Gasteiger partial charge is 0.388 e. The minimum absolute atomic E-state index is 0. The standard InChI is InChI=1S/C18H24N4O2.2ClH/c19-15-7-3-12(4-8-15)11-22-9-1-2-13-5-6-14(10-16(13)22)17-20-21-18(23)24-17;;/h5-6,10,12,15H,1-4,7-9,11,19H2,(H,21,23);2*1H/t12-,15-;;. The molecule has 0 unspecified atom stereocenters. The van der Waals surface area contributed by atoms with Gasteiger partial charge in [0.2, 0.25) is 5.89 Å². The Kier molecular flexibility index (Phi) is 7.15. The number of rotatable bonds is 3. The van der Waals surface area contributed by atoms with Crippen LogP contribution in [0.3, 0.4) is 0 Å². The van der Waals surface area contributed by atoms with E-state index in [1.54, 1.807) is 0 Å². The molecule has 0 radical (unpaired) electrons. The van der Waals surface area contributed by atoms with E-state index in [-0.39, 0.29) is 24.8 Å². The Morgan fingerprint density at radius 1 is 1.23 bits per heavy atom. The number of hydrogen-bond acceptors (Lipinski definition) is 5. The first-order chi connectivity index (χ1) is 11.7. The molecule has 3 N–H and O–H groups in total. The quantitative estimate of drug-likeness (QED) is 0.825. The fraction of sp³-hybridized carbons (Fsp3) is 0.556. The zero-order valence-electron chi connectivity index (χ0n) is 14.6. The van der Waals surface area contributed by atoms with Crippen LogP contribution >= 0.6 is 24.8 Å². The van der Waals surface area contributed by atoms with E-state index in [0.29, 0.717) is 11.9 Å². The van der Waals surface area contributed by atoms with Crippen molar-refractivity contribution in [2.45, 2.75) is 44.6 Å². The molecular formula is C18H26Cl2N4O2. The first-order valence-corrected chi connectivity index (χ1v) is 8.88. The molecule has 144 valence electrons. The number of hydrogen-bond donors (Lipinski definition) is 2. The Bertz CT molecular complexity index is 769. The van der Waals surface area contributed by atoms with Gasteiger partial charge in [-0.1, -0.05) is 6.07 Å². The molecule has 1 saturated carbocycles. The molecule has 0 amide bonds. The maximum atomic E-state index is 11.2. The molecule has 0 spiro atoms. The average Bonchev–Trinajstić information content (AvgIpc) is 3.03. The molecule has 4 rings (SSSR count). The first-order valence-electron chi connectivity index (χ1n) is 8.88. The summed E-state index contributed by atoms with van der Waals surface area (Å²) >= 11 is 0. The number of H-pyrrole nitrogens is 1. The summed E-state index contributed by atoms with van der Waals surface area (Å²) in [6.07, 6.45) is 7.03. The van der Waals surface area contributed by atoms with Crippen LogP contribution in [-0.4, -0.2) is 29.3 Å². The normalized spacial score (nSPS) is 22.1. The van der Waals surface area contributed by atoms with Crippen LogP contribution in [0.15, 0.2) is 27.4 Å². The highest BCUT2D eigenvalue weighted by Crippen LogP contribution is 2.33. The summed E-state index contributed by atoms with van der Waals surface area (Å²) in [4.78, 5) is 13.7. The number of nitrogens with two attached hydrogens (primary N) is 1. The zero-order chi connectivity index (χ0) is 16.5. The van der Waals surface area contributed by atoms with Gasteiger partial charge in [0, 0.05) is 30.4 Å². The van der Waals surface area contributed by atoms with Gasteiger partial charge in [-0.05, 0) is 62.1 Å². The van der Waals surface area contributed by atoms with Crippen molar-refractivity contribution in [3.63, 3.8) is 0 Å². The van der Waals surface area contributed by atoms with Crippen molar-refractivity contribution < 1.29 is 4.42 Å². The van der Waals surface area contributed by atoms with Crippen LogP contribution in [0.25, 0.3) is 11.5 Å². The molecule has 1 aromatic carbocycles. The Morgan fingerprint density at radius 2 is 2.00 bits per heavy atom. The molecule has 8 heteroatoms. The summed E-state index contributed by atoms with van der Waals surface area (Å²) in [5.41, 5.74) is 9.52. The lowest BCUT2D eigenvalue weighted by Gasteiger charge is -2.36. The van der Waals surface area contributed by atoms with Crippen molar-refractivity contribution >= 4 is 30.5 Å². The van der Waals surface area contributed by atoms with E-state index in [2.05, 4.69) is 27.2 Å². The Morgan fingerprint density at radius 3 is 2.69 bits per heavy atom. The van der Waals surface area contributed by atoms with Crippen molar-refractivity contribution in [3.8, 4) is 11.5 Å². The van der Waals surface area contributed by atoms with Crippen molar-refractivity contribution in [1.29, 1.82) is 0 Å². The van der Waals surface area contributed by atoms with E-state index in [0.717, 1.165) is 43.8 Å². The maximum Gasteiger partial charge on any atom is 0.434 e. The van der Waals surface area contributed by atoms with E-state index in [1.165, 1.54) is 30.5 Å². The summed E-state index contributed by atoms with van der Waals surface area (Å²) in [7, 11) is 0. The number of anilines is 1. The van der Waals surface area contributed by atoms with Gasteiger partial charge >= 0.3 is 5.76 Å². The third-order valence-electron chi connectivity index (χ3n) is 5.36. The second kappa shape index (κ2) is 8.93. The number of nitrogens with zero attached hydrogens (tertiary/aromatic N) is 2. The van der Waals surface area contributed by atoms with Gasteiger partial charge in [-0.25, -0.2) is 9.89 Å². The Labute approximate surface area is 165 Å². The summed E-state index contributed by atoms with van der Waals surface area (Å²) in [5, 5.41) is 6.28. The number of aromatic amines is 1. The molecule has 2 heterocycles. The van der Waals surface area contributed by atoms with E-state index in [4.69, 9.17) is 10.2 Å². The van der Waals surface area contributed by atoms with E-state index in [9.17, 15) is 4.79 Å². The van der Waals surface area contributed by atoms with Gasteiger partial charge in [-0.15, -0.1) is 29.9 Å². The molecule has 0 atom stereocenters. The van der Waals surface area contributed by atoms with Gasteiger partial charge in [0.15, 0.2) is 0 Å². The highest BCUT2D eigenvalue weighted by atomic mass is 35.5. The van der Waals surface area contributed by atoms with Gasteiger partial charge in [0.1, 0.15) is 0 Å². The van der Waals surface area contributed by atoms with Crippen LogP contribution in [0.2, 0.25) is 0 Å². The van der Waals surface area contributed by atoms with Crippen LogP contribution in [0, 0.1) is 5.92 Å². The Hall–Kier alpha value is -1.50. The van der Waals surface area contributed by atoms with Crippen molar-refractivity contribution in [1.82, 2.24) is 10.2 Å². The van der Waals surface area contributed by atoms with Crippen molar-refractivity contribution in [3.05, 3.63) is 34.3 Å². The Balaban J connectivity index is 0.00000121. The molecule has 0 saturated heterocycles. The topological polar surface area (TPSA) is 88.1 Å². The van der Waals surface area contributed by atoms with Gasteiger partial charge in [-0.3, -0.25) is 0 Å². The predicted octanol–water partition coefficient (Wildman–Crippen LogP) is 3.14. The number of aromatic nitrogens is 2. The van der Waals surface area contributed by atoms with Gasteiger partial charge in [0.05, 0.1) is 0 Å². The molecule has 1 aliphatic heterocycles. The predicted molar refractivity (Wildman–Crippen MR) is 108 cm³/mol. The summed E-state index contributed by atoms with van der Waals surface area (Å²) in [6.45, 7) is 2.18. The third kappa shape index (κ3) is 4.42. The maximum absolute atomic E-state index is 11.2. The van der Waals surface area contributed by atoms with Gasteiger partial charge < -0.3 is 15.1 Å².